The molecular weight excluding hydrogens is 1770 g/mol. The first kappa shape index (κ1) is 118. The molecule has 0 aliphatic rings. The highest BCUT2D eigenvalue weighted by molar-refractivity contribution is 6.02. The van der Waals surface area contributed by atoms with Crippen LogP contribution in [-0.2, 0) is 121 Å². The van der Waals surface area contributed by atoms with E-state index in [1.807, 2.05) is 0 Å². The van der Waals surface area contributed by atoms with Crippen molar-refractivity contribution in [2.24, 2.45) is 28.7 Å². The Morgan fingerprint density at radius 2 is 0.507 bits per heavy atom. The van der Waals surface area contributed by atoms with Gasteiger partial charge in [-0.05, 0) is 184 Å². The molecule has 0 unspecified atom stereocenters. The van der Waals surface area contributed by atoms with Gasteiger partial charge in [-0.1, -0.05) is 0 Å². The van der Waals surface area contributed by atoms with E-state index in [1.54, 1.807) is 0 Å². The van der Waals surface area contributed by atoms with E-state index < -0.39 is 309 Å². The van der Waals surface area contributed by atoms with Crippen molar-refractivity contribution in [3.8, 4) is 0 Å². The molecule has 134 heavy (non-hydrogen) atoms. The molecule has 1 aromatic heterocycles. The van der Waals surface area contributed by atoms with Gasteiger partial charge in [-0.2, -0.15) is 0 Å². The maximum Gasteiger partial charge on any atom is 0.303 e. The smallest absolute Gasteiger partial charge is 0.303 e. The Kier molecular flexibility index (Phi) is 56.0. The molecule has 54 heteroatoms. The predicted octanol–water partition coefficient (Wildman–Crippen LogP) is -10.9. The van der Waals surface area contributed by atoms with E-state index >= 15 is 0 Å². The minimum absolute atomic E-state index is 0.00457. The van der Waals surface area contributed by atoms with Crippen molar-refractivity contribution in [1.29, 1.82) is 0 Å². The number of hydrogen-bond acceptors (Lipinski definition) is 29. The summed E-state index contributed by atoms with van der Waals surface area (Å²) < 4.78 is 0. The second kappa shape index (κ2) is 63.4. The van der Waals surface area contributed by atoms with Gasteiger partial charge in [0.1, 0.15) is 103 Å². The molecule has 20 amide bonds. The summed E-state index contributed by atoms with van der Waals surface area (Å²) in [7, 11) is 0. The molecule has 0 aliphatic heterocycles. The van der Waals surface area contributed by atoms with Crippen LogP contribution in [0.2, 0.25) is 0 Å². The summed E-state index contributed by atoms with van der Waals surface area (Å²) in [4.78, 5) is 321. The van der Waals surface area contributed by atoms with Crippen molar-refractivity contribution in [3.05, 3.63) is 18.2 Å². The summed E-state index contributed by atoms with van der Waals surface area (Å²) >= 11 is 0. The number of aromatic amines is 1. The van der Waals surface area contributed by atoms with Gasteiger partial charge in [0.2, 0.25) is 118 Å². The van der Waals surface area contributed by atoms with Crippen LogP contribution in [0.5, 0.6) is 0 Å². The van der Waals surface area contributed by atoms with Gasteiger partial charge in [-0.15, -0.1) is 0 Å². The molecule has 1 rings (SSSR count). The van der Waals surface area contributed by atoms with Gasteiger partial charge in [-0.25, -0.2) is 4.98 Å². The number of aliphatic carboxylic acids is 4. The van der Waals surface area contributed by atoms with E-state index in [0.29, 0.717) is 37.8 Å². The molecule has 1 heterocycles. The average molecular weight is 1910 g/mol. The number of aromatic nitrogens is 2. The Bertz CT molecular complexity index is 4180. The normalized spacial score (nSPS) is 14.7. The first-order valence-electron chi connectivity index (χ1n) is 43.6. The summed E-state index contributed by atoms with van der Waals surface area (Å²) in [6.45, 7) is 9.92. The fourth-order valence-corrected chi connectivity index (χ4v) is 12.2. The summed E-state index contributed by atoms with van der Waals surface area (Å²) in [5.74, 6) is -25.2. The molecule has 752 valence electrons. The van der Waals surface area contributed by atoms with Gasteiger partial charge in [0.25, 0.3) is 0 Å². The molecule has 0 spiro atoms. The zero-order valence-electron chi connectivity index (χ0n) is 76.5. The van der Waals surface area contributed by atoms with Crippen molar-refractivity contribution in [2.75, 3.05) is 39.3 Å². The number of nitrogens with two attached hydrogens (primary N) is 5. The van der Waals surface area contributed by atoms with Crippen molar-refractivity contribution in [2.45, 2.75) is 300 Å². The van der Waals surface area contributed by atoms with Crippen molar-refractivity contribution in [1.82, 2.24) is 111 Å². The minimum Gasteiger partial charge on any atom is -0.481 e. The highest BCUT2D eigenvalue weighted by atomic mass is 16.4. The van der Waals surface area contributed by atoms with Crippen LogP contribution in [0.15, 0.2) is 12.5 Å². The lowest BCUT2D eigenvalue weighted by Gasteiger charge is -2.26. The average Bonchev–Trinajstić information content (AvgIpc) is 1.12. The number of carbonyl (C=O) groups is 24. The van der Waals surface area contributed by atoms with Gasteiger partial charge in [-0.3, -0.25) is 115 Å². The highest BCUT2D eigenvalue weighted by Gasteiger charge is 2.38. The van der Waals surface area contributed by atoms with Crippen LogP contribution in [-0.4, -0.2) is 314 Å². The van der Waals surface area contributed by atoms with Crippen molar-refractivity contribution < 1.29 is 135 Å². The number of imidazole rings is 1. The van der Waals surface area contributed by atoms with Gasteiger partial charge in [0.15, 0.2) is 0 Å². The van der Waals surface area contributed by atoms with Crippen LogP contribution in [0.3, 0.4) is 0 Å². The molecule has 0 radical (unpaired) electrons. The molecular formula is C80H134N26O28. The quantitative estimate of drug-likeness (QED) is 0.0269. The van der Waals surface area contributed by atoms with E-state index in [2.05, 4.69) is 111 Å². The van der Waals surface area contributed by atoms with Crippen molar-refractivity contribution >= 4 is 142 Å². The van der Waals surface area contributed by atoms with E-state index in [4.69, 9.17) is 28.7 Å². The number of unbranched alkanes of at least 4 members (excludes halogenated alkanes) is 4. The number of rotatable bonds is 68. The molecule has 0 aromatic carbocycles. The second-order valence-electron chi connectivity index (χ2n) is 31.7. The number of carboxylic acid groups (broad SMARTS) is 4. The summed E-state index contributed by atoms with van der Waals surface area (Å²) in [5, 5.41) is 83.0. The second-order valence-corrected chi connectivity index (χ2v) is 31.7. The number of nitrogens with zero attached hydrogens (tertiary/aromatic N) is 1. The Hall–Kier alpha value is -13.7. The number of nitrogens with one attached hydrogen (secondary N) is 20. The lowest BCUT2D eigenvalue weighted by molar-refractivity contribution is -0.139. The van der Waals surface area contributed by atoms with Crippen LogP contribution in [0, 0.1) is 0 Å². The number of hydrogen-bond donors (Lipinski definition) is 29. The van der Waals surface area contributed by atoms with Crippen LogP contribution in [0.1, 0.15) is 196 Å². The van der Waals surface area contributed by atoms with Crippen LogP contribution in [0.25, 0.3) is 0 Å². The Morgan fingerprint density at radius 3 is 0.716 bits per heavy atom. The molecule has 34 N–H and O–H groups in total. The van der Waals surface area contributed by atoms with Crippen molar-refractivity contribution in [3.63, 3.8) is 0 Å². The van der Waals surface area contributed by atoms with Gasteiger partial charge in [0.05, 0.1) is 25.1 Å². The van der Waals surface area contributed by atoms with Crippen LogP contribution >= 0.6 is 0 Å². The van der Waals surface area contributed by atoms with Gasteiger partial charge in [0, 0.05) is 45.2 Å². The standard InChI is InChI=1S/C80H134N26O28/c1-39(90-47(9)107)65(119)103-53(22-26-60(110)111)77(131)96-45(7)71(125)105-54(23-27-61(112)113)78(132)95-43(5)69(123)102-51(20-12-16-32-83)75(129)92-41(3)67(121)100-52(21-13-17-33-84)76(130)93-44(6)70(124)104-56(25-29-63(116)117)80(134)97-46(8)72(126)106-55(24-28-62(114)115)79(133)94-42(4)68(122)101-50(19-11-15-31-82)74(128)91-40(2)66(120)99-49(18-10-14-30-81)73(127)88-36-58(108)87-37-59(109)98-57(64(85)118)34-48-35-86-38-89-48/h35,38-46,49-57H,10-34,36-37,81-84H2,1-9H3,(H2,85,118)(H,86,89)(H,87,108)(H,88,127)(H,90,107)(H,91,128)(H,92,129)(H,93,130)(H,94,133)(H,95,132)(H,96,131)(H,97,134)(H,98,109)(H,99,120)(H,100,121)(H,101,122)(H,102,123)(H,103,119)(H,104,124)(H,105,125)(H,106,126)(H,110,111)(H,112,113)(H,114,115)(H,116,117)/t39-,40-,41-,42-,43-,44-,45-,46-,49-,50-,51-,52-,53-,54-,55-,56-,57-/m0/s1. The lowest BCUT2D eigenvalue weighted by Crippen LogP contribution is -2.60. The fourth-order valence-electron chi connectivity index (χ4n) is 12.2. The lowest BCUT2D eigenvalue weighted by atomic mass is 10.1. The molecule has 0 saturated heterocycles. The third kappa shape index (κ3) is 48.5. The van der Waals surface area contributed by atoms with E-state index in [0.717, 1.165) is 27.7 Å². The zero-order chi connectivity index (χ0) is 102. The number of H-pyrrole nitrogens is 1. The Morgan fingerprint density at radius 1 is 0.284 bits per heavy atom. The Balaban J connectivity index is 3.27. The molecule has 0 aliphatic carbocycles. The van der Waals surface area contributed by atoms with Gasteiger partial charge < -0.3 is 155 Å². The van der Waals surface area contributed by atoms with E-state index in [9.17, 15) is 135 Å². The largest absolute Gasteiger partial charge is 0.481 e. The molecule has 17 atom stereocenters. The third-order valence-corrected chi connectivity index (χ3v) is 20.0. The fraction of sp³-hybridized carbons (Fsp3) is 0.662. The Labute approximate surface area is 771 Å². The number of primary amides is 1. The summed E-state index contributed by atoms with van der Waals surface area (Å²) in [6, 6.07) is -25.6. The highest BCUT2D eigenvalue weighted by Crippen LogP contribution is 2.12. The molecule has 54 nitrogen and oxygen atoms in total. The summed E-state index contributed by atoms with van der Waals surface area (Å²) in [6.07, 6.45) is -0.395. The zero-order valence-corrected chi connectivity index (χ0v) is 76.5. The number of carboxylic acids is 4. The first-order valence-corrected chi connectivity index (χ1v) is 43.6. The maximum absolute atomic E-state index is 14.0. The van der Waals surface area contributed by atoms with Crippen LogP contribution in [0.4, 0.5) is 0 Å². The molecule has 1 aromatic rings. The topological polar surface area (TPSA) is 878 Å². The van der Waals surface area contributed by atoms with E-state index in [1.165, 1.54) is 47.1 Å². The molecule has 0 saturated carbocycles. The molecule has 0 fully saturated rings. The number of amides is 20. The van der Waals surface area contributed by atoms with E-state index in [-0.39, 0.29) is 77.5 Å². The van der Waals surface area contributed by atoms with Crippen LogP contribution < -0.4 is 130 Å². The first-order chi connectivity index (χ1) is 63.0. The van der Waals surface area contributed by atoms with Gasteiger partial charge >= 0.3 is 23.9 Å². The SMILES string of the molecule is CC(=O)N[C@@H](C)C(=O)N[C@@H](CCC(=O)O)C(=O)N[C@@H](C)C(=O)N[C@@H](CCC(=O)O)C(=O)N[C@@H](C)C(=O)N[C@@H](CCCCN)C(=O)N[C@@H](C)C(=O)N[C@@H](CCCCN)C(=O)N[C@@H](C)C(=O)N[C@@H](CCC(=O)O)C(=O)N[C@@H](C)C(=O)N[C@@H](CCC(=O)O)C(=O)N[C@@H](C)C(=O)N[C@@H](CCCCN)C(=O)N[C@@H](C)C(=O)N[C@@H](CCCCN)C(=O)NCC(=O)NCC(=O)N[C@@H](Cc1c[nH]cn1)C(N)=O. The summed E-state index contributed by atoms with van der Waals surface area (Å²) in [5.41, 5.74) is 28.6. The third-order valence-electron chi connectivity index (χ3n) is 20.0. The minimum atomic E-state index is -1.78. The monoisotopic (exact) mass is 1910 g/mol. The maximum atomic E-state index is 14.0. The number of carbonyl (C=O) groups excluding carboxylic acids is 20. The molecule has 0 bridgehead atoms. The predicted molar refractivity (Wildman–Crippen MR) is 470 cm³/mol.